The topological polar surface area (TPSA) is 58.2 Å². The predicted molar refractivity (Wildman–Crippen MR) is 94.5 cm³/mol. The van der Waals surface area contributed by atoms with Crippen molar-refractivity contribution in [2.45, 2.75) is 51.1 Å². The molecule has 1 aromatic carbocycles. The Morgan fingerprint density at radius 2 is 1.82 bits per heavy atom. The fourth-order valence-electron chi connectivity index (χ4n) is 2.63. The first-order valence-electron chi connectivity index (χ1n) is 7.84. The number of nitrogens with one attached hydrogen (secondary N) is 2. The quantitative estimate of drug-likeness (QED) is 0.799. The number of benzene rings is 1. The zero-order valence-electron chi connectivity index (χ0n) is 13.3. The molecule has 6 heteroatoms. The van der Waals surface area contributed by atoms with Gasteiger partial charge in [0.15, 0.2) is 0 Å². The molecular formula is C16H26N2O2S2. The zero-order valence-corrected chi connectivity index (χ0v) is 15.0. The van der Waals surface area contributed by atoms with Crippen LogP contribution in [0.3, 0.4) is 0 Å². The van der Waals surface area contributed by atoms with Crippen LogP contribution in [-0.2, 0) is 22.3 Å². The van der Waals surface area contributed by atoms with E-state index in [2.05, 4.69) is 10.0 Å². The van der Waals surface area contributed by atoms with Crippen LogP contribution < -0.4 is 10.0 Å². The first-order chi connectivity index (χ1) is 10.5. The van der Waals surface area contributed by atoms with E-state index in [1.54, 1.807) is 0 Å². The van der Waals surface area contributed by atoms with Gasteiger partial charge in [0.2, 0.25) is 10.0 Å². The molecule has 1 fully saturated rings. The molecule has 1 aliphatic rings. The van der Waals surface area contributed by atoms with E-state index < -0.39 is 10.0 Å². The Bertz CT molecular complexity index is 567. The molecule has 0 unspecified atom stereocenters. The van der Waals surface area contributed by atoms with Crippen LogP contribution in [0.4, 0.5) is 0 Å². The average molecular weight is 343 g/mol. The molecule has 0 radical (unpaired) electrons. The Morgan fingerprint density at radius 1 is 1.18 bits per heavy atom. The molecule has 2 N–H and O–H groups in total. The van der Waals surface area contributed by atoms with Crippen LogP contribution in [0.5, 0.6) is 0 Å². The third-order valence-electron chi connectivity index (χ3n) is 3.68. The molecule has 0 amide bonds. The molecule has 2 rings (SSSR count). The third kappa shape index (κ3) is 5.91. The lowest BCUT2D eigenvalue weighted by Gasteiger charge is -2.23. The summed E-state index contributed by atoms with van der Waals surface area (Å²) in [6.07, 6.45) is 2.39. The maximum absolute atomic E-state index is 12.1. The van der Waals surface area contributed by atoms with E-state index in [0.29, 0.717) is 6.04 Å². The molecule has 1 aromatic rings. The van der Waals surface area contributed by atoms with Gasteiger partial charge in [0.25, 0.3) is 0 Å². The van der Waals surface area contributed by atoms with Gasteiger partial charge in [-0.1, -0.05) is 24.3 Å². The molecule has 1 saturated heterocycles. The van der Waals surface area contributed by atoms with E-state index in [1.165, 1.54) is 24.3 Å². The largest absolute Gasteiger partial charge is 0.310 e. The molecule has 22 heavy (non-hydrogen) atoms. The van der Waals surface area contributed by atoms with Gasteiger partial charge in [-0.3, -0.25) is 0 Å². The summed E-state index contributed by atoms with van der Waals surface area (Å²) in [5, 5.41) is 3.58. The van der Waals surface area contributed by atoms with Gasteiger partial charge in [0.1, 0.15) is 0 Å². The van der Waals surface area contributed by atoms with Gasteiger partial charge in [-0.2, -0.15) is 11.8 Å². The van der Waals surface area contributed by atoms with Crippen LogP contribution in [0.25, 0.3) is 0 Å². The second-order valence-corrected chi connectivity index (χ2v) is 9.05. The van der Waals surface area contributed by atoms with Crippen LogP contribution in [0.15, 0.2) is 24.3 Å². The van der Waals surface area contributed by atoms with Crippen molar-refractivity contribution < 1.29 is 8.42 Å². The van der Waals surface area contributed by atoms with E-state index in [-0.39, 0.29) is 11.8 Å². The molecule has 0 aromatic heterocycles. The Labute approximate surface area is 138 Å². The number of hydrogen-bond acceptors (Lipinski definition) is 4. The number of sulfonamides is 1. The first kappa shape index (κ1) is 17.8. The molecule has 124 valence electrons. The van der Waals surface area contributed by atoms with Crippen molar-refractivity contribution in [2.24, 2.45) is 0 Å². The number of thioether (sulfide) groups is 1. The minimum Gasteiger partial charge on any atom is -0.310 e. The summed E-state index contributed by atoms with van der Waals surface area (Å²) in [7, 11) is -3.28. The van der Waals surface area contributed by atoms with Gasteiger partial charge >= 0.3 is 0 Å². The van der Waals surface area contributed by atoms with Crippen LogP contribution in [0.1, 0.15) is 37.8 Å². The number of rotatable bonds is 7. The highest BCUT2D eigenvalue weighted by Crippen LogP contribution is 2.18. The minimum atomic E-state index is -3.28. The van der Waals surface area contributed by atoms with Crippen molar-refractivity contribution in [1.82, 2.24) is 10.0 Å². The Kier molecular flexibility index (Phi) is 6.74. The molecule has 4 nitrogen and oxygen atoms in total. The predicted octanol–water partition coefficient (Wildman–Crippen LogP) is 2.50. The van der Waals surface area contributed by atoms with E-state index in [0.717, 1.165) is 17.7 Å². The standard InChI is InChI=1S/C16H26N2O2S2/c1-13(2)18-22(19,20)12-15-6-4-3-5-14(15)11-17-16-7-9-21-10-8-16/h3-6,13,16-18H,7-12H2,1-2H3. The first-order valence-corrected chi connectivity index (χ1v) is 10.6. The van der Waals surface area contributed by atoms with E-state index in [9.17, 15) is 8.42 Å². The van der Waals surface area contributed by atoms with Gasteiger partial charge in [-0.15, -0.1) is 0 Å². The van der Waals surface area contributed by atoms with Crippen LogP contribution in [0.2, 0.25) is 0 Å². The molecule has 0 atom stereocenters. The fraction of sp³-hybridized carbons (Fsp3) is 0.625. The lowest BCUT2D eigenvalue weighted by atomic mass is 10.1. The molecule has 1 aliphatic heterocycles. The summed E-state index contributed by atoms with van der Waals surface area (Å²) in [6, 6.07) is 8.29. The van der Waals surface area contributed by atoms with Crippen molar-refractivity contribution in [2.75, 3.05) is 11.5 Å². The Balaban J connectivity index is 2.00. The molecule has 0 saturated carbocycles. The molecule has 1 heterocycles. The molecule has 0 aliphatic carbocycles. The van der Waals surface area contributed by atoms with Gasteiger partial charge in [0, 0.05) is 18.6 Å². The second kappa shape index (κ2) is 8.34. The van der Waals surface area contributed by atoms with Gasteiger partial charge in [-0.05, 0) is 49.3 Å². The second-order valence-electron chi connectivity index (χ2n) is 6.07. The average Bonchev–Trinajstić information content (AvgIpc) is 2.45. The lowest BCUT2D eigenvalue weighted by molar-refractivity contribution is 0.481. The van der Waals surface area contributed by atoms with Gasteiger partial charge < -0.3 is 5.32 Å². The zero-order chi connectivity index (χ0) is 16.0. The fourth-order valence-corrected chi connectivity index (χ4v) is 5.23. The smallest absolute Gasteiger partial charge is 0.216 e. The maximum Gasteiger partial charge on any atom is 0.216 e. The van der Waals surface area contributed by atoms with Gasteiger partial charge in [-0.25, -0.2) is 13.1 Å². The normalized spacial score (nSPS) is 17.0. The monoisotopic (exact) mass is 342 g/mol. The Hall–Kier alpha value is -0.560. The van der Waals surface area contributed by atoms with Crippen molar-refractivity contribution in [3.8, 4) is 0 Å². The summed E-state index contributed by atoms with van der Waals surface area (Å²) >= 11 is 2.01. The SMILES string of the molecule is CC(C)NS(=O)(=O)Cc1ccccc1CNC1CCSCC1. The van der Waals surface area contributed by atoms with E-state index >= 15 is 0 Å². The Morgan fingerprint density at radius 3 is 2.45 bits per heavy atom. The highest BCUT2D eigenvalue weighted by Gasteiger charge is 2.17. The highest BCUT2D eigenvalue weighted by molar-refractivity contribution is 7.99. The summed E-state index contributed by atoms with van der Waals surface area (Å²) in [6.45, 7) is 4.42. The maximum atomic E-state index is 12.1. The molecule has 0 bridgehead atoms. The van der Waals surface area contributed by atoms with Gasteiger partial charge in [0.05, 0.1) is 5.75 Å². The van der Waals surface area contributed by atoms with Crippen LogP contribution >= 0.6 is 11.8 Å². The van der Waals surface area contributed by atoms with E-state index in [4.69, 9.17) is 0 Å². The van der Waals surface area contributed by atoms with Crippen LogP contribution in [0, 0.1) is 0 Å². The molecule has 0 spiro atoms. The van der Waals surface area contributed by atoms with Crippen LogP contribution in [-0.4, -0.2) is 32.0 Å². The summed E-state index contributed by atoms with van der Waals surface area (Å²) in [5.74, 6) is 2.47. The summed E-state index contributed by atoms with van der Waals surface area (Å²) < 4.78 is 26.9. The van der Waals surface area contributed by atoms with Crippen molar-refractivity contribution in [1.29, 1.82) is 0 Å². The van der Waals surface area contributed by atoms with E-state index in [1.807, 2.05) is 49.9 Å². The highest BCUT2D eigenvalue weighted by atomic mass is 32.2. The van der Waals surface area contributed by atoms with Crippen molar-refractivity contribution >= 4 is 21.8 Å². The number of hydrogen-bond donors (Lipinski definition) is 2. The van der Waals surface area contributed by atoms with Crippen molar-refractivity contribution in [3.05, 3.63) is 35.4 Å². The minimum absolute atomic E-state index is 0.0452. The summed E-state index contributed by atoms with van der Waals surface area (Å²) in [5.41, 5.74) is 1.96. The lowest BCUT2D eigenvalue weighted by Crippen LogP contribution is -2.33. The van der Waals surface area contributed by atoms with Crippen molar-refractivity contribution in [3.63, 3.8) is 0 Å². The summed E-state index contributed by atoms with van der Waals surface area (Å²) in [4.78, 5) is 0. The molecular weight excluding hydrogens is 316 g/mol. The third-order valence-corrected chi connectivity index (χ3v) is 6.25.